The standard InChI is InChI=1S/C12H15NO2/c1-9(2)12(15)13-7-10-4-3-5-11(6-10)8-14/h3-6,8-9H,7H2,1-2H3,(H,13,15). The molecule has 0 aliphatic heterocycles. The normalized spacial score (nSPS) is 10.1. The van der Waals surface area contributed by atoms with Gasteiger partial charge < -0.3 is 5.32 Å². The number of carbonyl (C=O) groups is 2. The van der Waals surface area contributed by atoms with E-state index in [4.69, 9.17) is 0 Å². The molecule has 0 aliphatic rings. The number of benzene rings is 1. The molecule has 0 saturated carbocycles. The average molecular weight is 205 g/mol. The van der Waals surface area contributed by atoms with Gasteiger partial charge in [-0.3, -0.25) is 9.59 Å². The lowest BCUT2D eigenvalue weighted by Gasteiger charge is -2.07. The molecule has 0 aliphatic carbocycles. The molecule has 0 fully saturated rings. The quantitative estimate of drug-likeness (QED) is 0.761. The highest BCUT2D eigenvalue weighted by Crippen LogP contribution is 2.03. The zero-order valence-corrected chi connectivity index (χ0v) is 8.99. The molecule has 1 aromatic carbocycles. The molecule has 0 unspecified atom stereocenters. The molecule has 1 rings (SSSR count). The van der Waals surface area contributed by atoms with Crippen LogP contribution in [0.15, 0.2) is 24.3 Å². The fourth-order valence-corrected chi connectivity index (χ4v) is 1.17. The first-order valence-electron chi connectivity index (χ1n) is 4.95. The van der Waals surface area contributed by atoms with E-state index in [1.807, 2.05) is 19.9 Å². The van der Waals surface area contributed by atoms with Gasteiger partial charge in [0.15, 0.2) is 0 Å². The Balaban J connectivity index is 2.57. The molecular formula is C12H15NO2. The monoisotopic (exact) mass is 205 g/mol. The highest BCUT2D eigenvalue weighted by molar-refractivity contribution is 5.78. The van der Waals surface area contributed by atoms with Crippen molar-refractivity contribution in [1.82, 2.24) is 5.32 Å². The van der Waals surface area contributed by atoms with Crippen LogP contribution >= 0.6 is 0 Å². The number of amides is 1. The molecule has 0 bridgehead atoms. The predicted molar refractivity (Wildman–Crippen MR) is 58.5 cm³/mol. The molecular weight excluding hydrogens is 190 g/mol. The summed E-state index contributed by atoms with van der Waals surface area (Å²) in [6.45, 7) is 4.16. The number of aldehydes is 1. The van der Waals surface area contributed by atoms with Crippen LogP contribution in [0.1, 0.15) is 29.8 Å². The van der Waals surface area contributed by atoms with Gasteiger partial charge in [0.2, 0.25) is 5.91 Å². The molecule has 1 aromatic rings. The first-order valence-corrected chi connectivity index (χ1v) is 4.95. The van der Waals surface area contributed by atoms with Gasteiger partial charge >= 0.3 is 0 Å². The van der Waals surface area contributed by atoms with Crippen molar-refractivity contribution < 1.29 is 9.59 Å². The van der Waals surface area contributed by atoms with Crippen LogP contribution in [0.25, 0.3) is 0 Å². The summed E-state index contributed by atoms with van der Waals surface area (Å²) in [5.74, 6) is 0.00533. The summed E-state index contributed by atoms with van der Waals surface area (Å²) in [5, 5.41) is 2.79. The lowest BCUT2D eigenvalue weighted by Crippen LogP contribution is -2.27. The third kappa shape index (κ3) is 3.54. The summed E-state index contributed by atoms with van der Waals surface area (Å²) in [7, 11) is 0. The van der Waals surface area contributed by atoms with Gasteiger partial charge in [0.1, 0.15) is 6.29 Å². The molecule has 0 radical (unpaired) electrons. The van der Waals surface area contributed by atoms with Gasteiger partial charge in [-0.15, -0.1) is 0 Å². The van der Waals surface area contributed by atoms with Crippen molar-refractivity contribution in [2.24, 2.45) is 5.92 Å². The van der Waals surface area contributed by atoms with E-state index in [-0.39, 0.29) is 11.8 Å². The first-order chi connectivity index (χ1) is 7.13. The lowest BCUT2D eigenvalue weighted by atomic mass is 10.1. The maximum absolute atomic E-state index is 11.3. The van der Waals surface area contributed by atoms with Crippen molar-refractivity contribution in [2.75, 3.05) is 0 Å². The molecule has 80 valence electrons. The fraction of sp³-hybridized carbons (Fsp3) is 0.333. The van der Waals surface area contributed by atoms with Crippen molar-refractivity contribution in [3.63, 3.8) is 0 Å². The SMILES string of the molecule is CC(C)C(=O)NCc1cccc(C=O)c1. The van der Waals surface area contributed by atoms with Crippen LogP contribution in [0, 0.1) is 5.92 Å². The van der Waals surface area contributed by atoms with E-state index in [0.717, 1.165) is 11.8 Å². The van der Waals surface area contributed by atoms with Gasteiger partial charge in [0, 0.05) is 18.0 Å². The Morgan fingerprint density at radius 1 is 1.47 bits per heavy atom. The van der Waals surface area contributed by atoms with E-state index in [0.29, 0.717) is 12.1 Å². The number of nitrogens with one attached hydrogen (secondary N) is 1. The van der Waals surface area contributed by atoms with E-state index >= 15 is 0 Å². The van der Waals surface area contributed by atoms with Crippen LogP contribution in [0.5, 0.6) is 0 Å². The van der Waals surface area contributed by atoms with E-state index in [9.17, 15) is 9.59 Å². The van der Waals surface area contributed by atoms with Crippen molar-refractivity contribution in [2.45, 2.75) is 20.4 Å². The Hall–Kier alpha value is -1.64. The van der Waals surface area contributed by atoms with E-state index in [1.165, 1.54) is 0 Å². The summed E-state index contributed by atoms with van der Waals surface area (Å²) in [6, 6.07) is 7.20. The zero-order valence-electron chi connectivity index (χ0n) is 8.99. The Morgan fingerprint density at radius 2 is 2.20 bits per heavy atom. The maximum Gasteiger partial charge on any atom is 0.222 e. The van der Waals surface area contributed by atoms with Crippen molar-refractivity contribution in [3.8, 4) is 0 Å². The molecule has 1 amide bonds. The maximum atomic E-state index is 11.3. The molecule has 0 atom stereocenters. The Morgan fingerprint density at radius 3 is 2.80 bits per heavy atom. The first kappa shape index (κ1) is 11.4. The van der Waals surface area contributed by atoms with Gasteiger partial charge in [-0.1, -0.05) is 32.0 Å². The summed E-state index contributed by atoms with van der Waals surface area (Å²) >= 11 is 0. The minimum absolute atomic E-state index is 0.0146. The second-order valence-corrected chi connectivity index (χ2v) is 3.74. The third-order valence-corrected chi connectivity index (χ3v) is 2.08. The van der Waals surface area contributed by atoms with Gasteiger partial charge in [0.25, 0.3) is 0 Å². The van der Waals surface area contributed by atoms with Crippen molar-refractivity contribution in [3.05, 3.63) is 35.4 Å². The van der Waals surface area contributed by atoms with Crippen molar-refractivity contribution in [1.29, 1.82) is 0 Å². The van der Waals surface area contributed by atoms with Gasteiger partial charge in [-0.05, 0) is 11.6 Å². The zero-order chi connectivity index (χ0) is 11.3. The molecule has 0 heterocycles. The minimum Gasteiger partial charge on any atom is -0.352 e. The van der Waals surface area contributed by atoms with Gasteiger partial charge in [-0.2, -0.15) is 0 Å². The Kier molecular flexibility index (Phi) is 4.03. The Labute approximate surface area is 89.5 Å². The van der Waals surface area contributed by atoms with Gasteiger partial charge in [0.05, 0.1) is 0 Å². The Bertz CT molecular complexity index is 358. The molecule has 0 spiro atoms. The topological polar surface area (TPSA) is 46.2 Å². The molecule has 0 aromatic heterocycles. The largest absolute Gasteiger partial charge is 0.352 e. The lowest BCUT2D eigenvalue weighted by molar-refractivity contribution is -0.124. The van der Waals surface area contributed by atoms with Crippen LogP contribution < -0.4 is 5.32 Å². The fourth-order valence-electron chi connectivity index (χ4n) is 1.17. The molecule has 0 saturated heterocycles. The molecule has 3 nitrogen and oxygen atoms in total. The predicted octanol–water partition coefficient (Wildman–Crippen LogP) is 1.77. The number of hydrogen-bond donors (Lipinski definition) is 1. The van der Waals surface area contributed by atoms with Crippen LogP contribution in [-0.2, 0) is 11.3 Å². The van der Waals surface area contributed by atoms with E-state index in [2.05, 4.69) is 5.32 Å². The summed E-state index contributed by atoms with van der Waals surface area (Å²) in [5.41, 5.74) is 1.57. The van der Waals surface area contributed by atoms with Gasteiger partial charge in [-0.25, -0.2) is 0 Å². The van der Waals surface area contributed by atoms with E-state index < -0.39 is 0 Å². The second-order valence-electron chi connectivity index (χ2n) is 3.74. The highest BCUT2D eigenvalue weighted by atomic mass is 16.1. The minimum atomic E-state index is -0.0146. The van der Waals surface area contributed by atoms with Crippen LogP contribution in [0.4, 0.5) is 0 Å². The van der Waals surface area contributed by atoms with Crippen molar-refractivity contribution >= 4 is 12.2 Å². The molecule has 15 heavy (non-hydrogen) atoms. The second kappa shape index (κ2) is 5.29. The number of rotatable bonds is 4. The van der Waals surface area contributed by atoms with Crippen LogP contribution in [0.3, 0.4) is 0 Å². The average Bonchev–Trinajstić information content (AvgIpc) is 2.26. The van der Waals surface area contributed by atoms with Crippen LogP contribution in [-0.4, -0.2) is 12.2 Å². The van der Waals surface area contributed by atoms with E-state index in [1.54, 1.807) is 18.2 Å². The highest BCUT2D eigenvalue weighted by Gasteiger charge is 2.05. The number of hydrogen-bond acceptors (Lipinski definition) is 2. The third-order valence-electron chi connectivity index (χ3n) is 2.08. The molecule has 3 heteroatoms. The van der Waals surface area contributed by atoms with Crippen LogP contribution in [0.2, 0.25) is 0 Å². The smallest absolute Gasteiger partial charge is 0.222 e. The summed E-state index contributed by atoms with van der Waals surface area (Å²) < 4.78 is 0. The summed E-state index contributed by atoms with van der Waals surface area (Å²) in [4.78, 5) is 21.8. The molecule has 1 N–H and O–H groups in total. The number of carbonyl (C=O) groups excluding carboxylic acids is 2. The summed E-state index contributed by atoms with van der Waals surface area (Å²) in [6.07, 6.45) is 0.799.